The molecule has 0 aliphatic carbocycles. The van der Waals surface area contributed by atoms with Gasteiger partial charge in [0.2, 0.25) is 6.23 Å². The standard InChI is InChI=1S/C20H13ClF2N2O2/c21-12-4-6-18-13(9-12)17-10-16(19-2-1-7-26-19)24-25(17)20(27-18)11-3-5-14(22)15(23)8-11/h1-9,17,20H,10H2/t17-,20+/m0/s1. The van der Waals surface area contributed by atoms with Gasteiger partial charge in [-0.1, -0.05) is 17.7 Å². The summed E-state index contributed by atoms with van der Waals surface area (Å²) in [5.74, 6) is -0.522. The van der Waals surface area contributed by atoms with Gasteiger partial charge in [0.05, 0.1) is 12.3 Å². The lowest BCUT2D eigenvalue weighted by Gasteiger charge is -2.38. The molecule has 3 aromatic rings. The predicted octanol–water partition coefficient (Wildman–Crippen LogP) is 5.45. The molecule has 0 saturated carbocycles. The lowest BCUT2D eigenvalue weighted by atomic mass is 9.97. The summed E-state index contributed by atoms with van der Waals surface area (Å²) in [5.41, 5.74) is 2.13. The third-order valence-corrected chi connectivity index (χ3v) is 5.02. The highest BCUT2D eigenvalue weighted by atomic mass is 35.5. The van der Waals surface area contributed by atoms with Crippen molar-refractivity contribution in [2.45, 2.75) is 18.7 Å². The third-order valence-electron chi connectivity index (χ3n) is 4.79. The molecule has 136 valence electrons. The van der Waals surface area contributed by atoms with E-state index >= 15 is 0 Å². The van der Waals surface area contributed by atoms with Gasteiger partial charge in [0.15, 0.2) is 11.6 Å². The van der Waals surface area contributed by atoms with E-state index in [-0.39, 0.29) is 6.04 Å². The van der Waals surface area contributed by atoms with E-state index in [9.17, 15) is 8.78 Å². The van der Waals surface area contributed by atoms with Crippen LogP contribution in [0.5, 0.6) is 5.75 Å². The maximum atomic E-state index is 13.8. The van der Waals surface area contributed by atoms with Crippen molar-refractivity contribution >= 4 is 17.3 Å². The van der Waals surface area contributed by atoms with Crippen LogP contribution in [0.2, 0.25) is 5.02 Å². The zero-order chi connectivity index (χ0) is 18.5. The van der Waals surface area contributed by atoms with Crippen molar-refractivity contribution in [1.82, 2.24) is 5.01 Å². The van der Waals surface area contributed by atoms with Gasteiger partial charge in [-0.25, -0.2) is 13.8 Å². The summed E-state index contributed by atoms with van der Waals surface area (Å²) in [4.78, 5) is 0. The zero-order valence-electron chi connectivity index (χ0n) is 13.9. The van der Waals surface area contributed by atoms with Gasteiger partial charge in [0, 0.05) is 22.6 Å². The molecule has 2 aliphatic heterocycles. The monoisotopic (exact) mass is 386 g/mol. The second-order valence-electron chi connectivity index (χ2n) is 6.45. The number of hydrazone groups is 1. The van der Waals surface area contributed by atoms with Crippen LogP contribution in [0.15, 0.2) is 64.3 Å². The molecule has 2 aliphatic rings. The van der Waals surface area contributed by atoms with E-state index < -0.39 is 17.9 Å². The second kappa shape index (κ2) is 6.09. The normalized spacial score (nSPS) is 20.7. The van der Waals surface area contributed by atoms with Crippen molar-refractivity contribution in [2.75, 3.05) is 0 Å². The fourth-order valence-electron chi connectivity index (χ4n) is 3.54. The molecule has 1 aromatic heterocycles. The van der Waals surface area contributed by atoms with E-state index in [0.29, 0.717) is 28.5 Å². The molecule has 0 N–H and O–H groups in total. The van der Waals surface area contributed by atoms with E-state index in [0.717, 1.165) is 23.4 Å². The van der Waals surface area contributed by atoms with Gasteiger partial charge in [-0.05, 0) is 42.5 Å². The summed E-state index contributed by atoms with van der Waals surface area (Å²) in [5, 5.41) is 7.01. The lowest BCUT2D eigenvalue weighted by Crippen LogP contribution is -2.33. The van der Waals surface area contributed by atoms with E-state index in [1.807, 2.05) is 12.1 Å². The summed E-state index contributed by atoms with van der Waals surface area (Å²) >= 11 is 6.17. The SMILES string of the molecule is Fc1ccc([C@H]2Oc3ccc(Cl)cc3[C@@H]3CC(c4ccco4)=NN23)cc1F. The predicted molar refractivity (Wildman–Crippen MR) is 95.6 cm³/mol. The molecular formula is C20H13ClF2N2O2. The minimum atomic E-state index is -0.927. The first kappa shape index (κ1) is 16.3. The zero-order valence-corrected chi connectivity index (χ0v) is 14.7. The molecule has 0 amide bonds. The molecule has 0 fully saturated rings. The summed E-state index contributed by atoms with van der Waals surface area (Å²) in [6.07, 6.45) is 1.49. The summed E-state index contributed by atoms with van der Waals surface area (Å²) in [6, 6.07) is 12.6. The van der Waals surface area contributed by atoms with Gasteiger partial charge in [-0.15, -0.1) is 0 Å². The smallest absolute Gasteiger partial charge is 0.213 e. The maximum absolute atomic E-state index is 13.8. The summed E-state index contributed by atoms with van der Waals surface area (Å²) in [6.45, 7) is 0. The van der Waals surface area contributed by atoms with Gasteiger partial charge in [0.1, 0.15) is 17.2 Å². The minimum absolute atomic E-state index is 0.148. The van der Waals surface area contributed by atoms with Crippen LogP contribution < -0.4 is 4.74 Å². The highest BCUT2D eigenvalue weighted by molar-refractivity contribution is 6.30. The van der Waals surface area contributed by atoms with E-state index in [4.69, 9.17) is 20.8 Å². The van der Waals surface area contributed by atoms with Crippen LogP contribution in [0.4, 0.5) is 8.78 Å². The summed E-state index contributed by atoms with van der Waals surface area (Å²) < 4.78 is 38.8. The molecular weight excluding hydrogens is 374 g/mol. The van der Waals surface area contributed by atoms with Crippen LogP contribution >= 0.6 is 11.6 Å². The van der Waals surface area contributed by atoms with E-state index in [2.05, 4.69) is 5.10 Å². The quantitative estimate of drug-likeness (QED) is 0.587. The van der Waals surface area contributed by atoms with Crippen molar-refractivity contribution in [3.05, 3.63) is 88.3 Å². The molecule has 0 spiro atoms. The summed E-state index contributed by atoms with van der Waals surface area (Å²) in [7, 11) is 0. The number of halogens is 3. The van der Waals surface area contributed by atoms with Crippen LogP contribution in [0.1, 0.15) is 35.6 Å². The highest BCUT2D eigenvalue weighted by Crippen LogP contribution is 2.48. The Morgan fingerprint density at radius 3 is 2.74 bits per heavy atom. The molecule has 3 heterocycles. The molecule has 5 rings (SSSR count). The Bertz CT molecular complexity index is 1050. The van der Waals surface area contributed by atoms with Crippen molar-refractivity contribution in [3.8, 4) is 5.75 Å². The molecule has 7 heteroatoms. The average Bonchev–Trinajstić information content (AvgIpc) is 3.33. The molecule has 4 nitrogen and oxygen atoms in total. The van der Waals surface area contributed by atoms with Gasteiger partial charge in [-0.3, -0.25) is 0 Å². The Morgan fingerprint density at radius 2 is 1.96 bits per heavy atom. The fraction of sp³-hybridized carbons (Fsp3) is 0.150. The molecule has 2 atom stereocenters. The van der Waals surface area contributed by atoms with Gasteiger partial charge >= 0.3 is 0 Å². The topological polar surface area (TPSA) is 38.0 Å². The number of hydrogen-bond acceptors (Lipinski definition) is 4. The Hall–Kier alpha value is -2.86. The minimum Gasteiger partial charge on any atom is -0.464 e. The van der Waals surface area contributed by atoms with E-state index in [1.54, 1.807) is 29.5 Å². The van der Waals surface area contributed by atoms with Crippen molar-refractivity contribution < 1.29 is 17.9 Å². The Labute approximate surface area is 158 Å². The highest BCUT2D eigenvalue weighted by Gasteiger charge is 2.41. The second-order valence-corrected chi connectivity index (χ2v) is 6.89. The number of rotatable bonds is 2. The molecule has 0 saturated heterocycles. The third kappa shape index (κ3) is 2.68. The Morgan fingerprint density at radius 1 is 1.07 bits per heavy atom. The number of furan rings is 1. The van der Waals surface area contributed by atoms with Gasteiger partial charge < -0.3 is 9.15 Å². The van der Waals surface area contributed by atoms with Gasteiger partial charge in [-0.2, -0.15) is 5.10 Å². The number of fused-ring (bicyclic) bond motifs is 3. The fourth-order valence-corrected chi connectivity index (χ4v) is 3.72. The van der Waals surface area contributed by atoms with Crippen LogP contribution in [0.3, 0.4) is 0 Å². The number of hydrogen-bond donors (Lipinski definition) is 0. The largest absolute Gasteiger partial charge is 0.464 e. The van der Waals surface area contributed by atoms with Crippen LogP contribution in [0.25, 0.3) is 0 Å². The lowest BCUT2D eigenvalue weighted by molar-refractivity contribution is -0.0192. The first-order chi connectivity index (χ1) is 13.1. The van der Waals surface area contributed by atoms with Crippen molar-refractivity contribution in [1.29, 1.82) is 0 Å². The van der Waals surface area contributed by atoms with Crippen molar-refractivity contribution in [3.63, 3.8) is 0 Å². The van der Waals surface area contributed by atoms with Crippen LogP contribution in [0, 0.1) is 11.6 Å². The van der Waals surface area contributed by atoms with Crippen LogP contribution in [-0.4, -0.2) is 10.7 Å². The average molecular weight is 387 g/mol. The molecule has 2 aromatic carbocycles. The van der Waals surface area contributed by atoms with Crippen LogP contribution in [-0.2, 0) is 0 Å². The number of ether oxygens (including phenoxy) is 1. The molecule has 0 bridgehead atoms. The Balaban J connectivity index is 1.62. The first-order valence-corrected chi connectivity index (χ1v) is 8.79. The molecule has 0 unspecified atom stereocenters. The van der Waals surface area contributed by atoms with Gasteiger partial charge in [0.25, 0.3) is 0 Å². The number of benzene rings is 2. The molecule has 0 radical (unpaired) electrons. The molecule has 27 heavy (non-hydrogen) atoms. The maximum Gasteiger partial charge on any atom is 0.213 e. The Kier molecular flexibility index (Phi) is 3.68. The van der Waals surface area contributed by atoms with Crippen molar-refractivity contribution in [2.24, 2.45) is 5.10 Å². The first-order valence-electron chi connectivity index (χ1n) is 8.41. The number of nitrogens with zero attached hydrogens (tertiary/aromatic N) is 2. The van der Waals surface area contributed by atoms with E-state index in [1.165, 1.54) is 6.07 Å².